The molecular formula is C67H58N2Si2. The third-order valence-electron chi connectivity index (χ3n) is 15.3. The lowest BCUT2D eigenvalue weighted by molar-refractivity contribution is 0.963. The van der Waals surface area contributed by atoms with Crippen LogP contribution in [-0.2, 0) is 4.66 Å². The van der Waals surface area contributed by atoms with Gasteiger partial charge in [-0.3, -0.25) is 0 Å². The van der Waals surface area contributed by atoms with Gasteiger partial charge in [0, 0.05) is 38.5 Å². The highest BCUT2D eigenvalue weighted by Crippen LogP contribution is 2.64. The van der Waals surface area contributed by atoms with E-state index in [1.54, 1.807) is 5.56 Å². The minimum atomic E-state index is -2.21. The molecule has 1 aliphatic carbocycles. The van der Waals surface area contributed by atoms with Gasteiger partial charge in [0.15, 0.2) is 0 Å². The van der Waals surface area contributed by atoms with E-state index in [4.69, 9.17) is 0 Å². The summed E-state index contributed by atoms with van der Waals surface area (Å²) in [4.78, 5) is 4.95. The van der Waals surface area contributed by atoms with Crippen LogP contribution < -0.4 is 9.80 Å². The number of rotatable bonds is 10. The molecule has 11 aromatic carbocycles. The molecule has 0 bridgehead atoms. The maximum absolute atomic E-state index is 2.66. The van der Waals surface area contributed by atoms with Gasteiger partial charge in [-0.2, -0.15) is 0 Å². The molecule has 11 aromatic rings. The van der Waals surface area contributed by atoms with E-state index in [0.29, 0.717) is 0 Å². The summed E-state index contributed by atoms with van der Waals surface area (Å²) in [6, 6.07) is 90.1. The summed E-state index contributed by atoms with van der Waals surface area (Å²) in [6.45, 7) is 15.9. The van der Waals surface area contributed by atoms with E-state index in [-0.39, 0.29) is 4.66 Å². The number of para-hydroxylation sites is 2. The summed E-state index contributed by atoms with van der Waals surface area (Å²) >= 11 is 0. The van der Waals surface area contributed by atoms with Crippen molar-refractivity contribution in [3.05, 3.63) is 254 Å². The normalized spacial score (nSPS) is 13.0. The van der Waals surface area contributed by atoms with Crippen LogP contribution in [0.1, 0.15) is 11.1 Å². The second kappa shape index (κ2) is 17.3. The van der Waals surface area contributed by atoms with Gasteiger partial charge in [0.05, 0.1) is 21.8 Å². The number of hydrogen-bond donors (Lipinski definition) is 0. The molecule has 0 saturated carbocycles. The Kier molecular flexibility index (Phi) is 10.8. The molecule has 344 valence electrons. The van der Waals surface area contributed by atoms with E-state index in [2.05, 4.69) is 292 Å². The maximum Gasteiger partial charge on any atom is 0.0579 e. The van der Waals surface area contributed by atoms with Gasteiger partial charge >= 0.3 is 0 Å². The molecule has 4 heteroatoms. The Balaban J connectivity index is 1.13. The van der Waals surface area contributed by atoms with Gasteiger partial charge in [0.1, 0.15) is 0 Å². The number of hydrogen-bond acceptors (Lipinski definition) is 2. The molecule has 2 nitrogen and oxygen atoms in total. The molecule has 0 unspecified atom stereocenters. The zero-order valence-corrected chi connectivity index (χ0v) is 43.5. The van der Waals surface area contributed by atoms with Crippen molar-refractivity contribution in [3.8, 4) is 33.4 Å². The van der Waals surface area contributed by atoms with Gasteiger partial charge in [-0.1, -0.05) is 215 Å². The molecule has 71 heavy (non-hydrogen) atoms. The lowest BCUT2D eigenvalue weighted by Crippen LogP contribution is -2.63. The summed E-state index contributed by atoms with van der Waals surface area (Å²) in [5.74, 6) is 0. The molecule has 0 aliphatic heterocycles. The van der Waals surface area contributed by atoms with Crippen molar-refractivity contribution in [2.75, 3.05) is 9.80 Å². The van der Waals surface area contributed by atoms with Gasteiger partial charge in [-0.05, 0) is 138 Å². The molecule has 1 aliphatic rings. The second-order valence-corrected chi connectivity index (χ2v) is 32.3. The van der Waals surface area contributed by atoms with Gasteiger partial charge in [0.2, 0.25) is 0 Å². The SMILES string of the molecule is C[Si](C)(C)C1([Si](C)(C)C)c2cc(N(c3ccccc3)c3ccc(-c4ccccc4)cc3)c3ccccc3c2-c2c1c1ccc(N(c3ccccc3)c3ccc(-c4ccccc4)cc3)cc1c1ccccc21. The Labute approximate surface area is 421 Å². The van der Waals surface area contributed by atoms with Crippen LogP contribution in [0.15, 0.2) is 243 Å². The molecule has 0 amide bonds. The Hall–Kier alpha value is -7.77. The van der Waals surface area contributed by atoms with Crippen molar-refractivity contribution in [3.63, 3.8) is 0 Å². The van der Waals surface area contributed by atoms with Crippen LogP contribution in [-0.4, -0.2) is 16.1 Å². The highest BCUT2D eigenvalue weighted by atomic mass is 28.4. The topological polar surface area (TPSA) is 6.48 Å². The summed E-state index contributed by atoms with van der Waals surface area (Å²) in [5, 5.41) is 7.88. The fraction of sp³-hybridized carbons (Fsp3) is 0.104. The highest BCUT2D eigenvalue weighted by Gasteiger charge is 2.60. The van der Waals surface area contributed by atoms with Gasteiger partial charge in [-0.25, -0.2) is 0 Å². The van der Waals surface area contributed by atoms with E-state index in [1.165, 1.54) is 76.9 Å². The number of benzene rings is 11. The van der Waals surface area contributed by atoms with Crippen molar-refractivity contribution >= 4 is 82.6 Å². The quantitative estimate of drug-likeness (QED) is 0.0996. The summed E-state index contributed by atoms with van der Waals surface area (Å²) in [5.41, 5.74) is 17.7. The van der Waals surface area contributed by atoms with Gasteiger partial charge < -0.3 is 9.80 Å². The Bertz CT molecular complexity index is 3730. The molecule has 0 spiro atoms. The van der Waals surface area contributed by atoms with Crippen LogP contribution in [0.2, 0.25) is 39.3 Å². The van der Waals surface area contributed by atoms with Crippen molar-refractivity contribution in [2.24, 2.45) is 0 Å². The third kappa shape index (κ3) is 7.19. The molecule has 0 N–H and O–H groups in total. The summed E-state index contributed by atoms with van der Waals surface area (Å²) in [6.07, 6.45) is 0. The third-order valence-corrected chi connectivity index (χ3v) is 25.3. The molecule has 0 fully saturated rings. The van der Waals surface area contributed by atoms with E-state index in [9.17, 15) is 0 Å². The predicted molar refractivity (Wildman–Crippen MR) is 312 cm³/mol. The number of nitrogens with zero attached hydrogens (tertiary/aromatic N) is 2. The first-order valence-electron chi connectivity index (χ1n) is 25.1. The van der Waals surface area contributed by atoms with Crippen LogP contribution >= 0.6 is 0 Å². The summed E-state index contributed by atoms with van der Waals surface area (Å²) in [7, 11) is -4.41. The Morgan fingerprint density at radius 3 is 1.17 bits per heavy atom. The van der Waals surface area contributed by atoms with Crippen LogP contribution in [0.5, 0.6) is 0 Å². The Morgan fingerprint density at radius 2 is 0.662 bits per heavy atom. The van der Waals surface area contributed by atoms with E-state index in [0.717, 1.165) is 28.4 Å². The first-order chi connectivity index (χ1) is 34.5. The molecule has 0 heterocycles. The van der Waals surface area contributed by atoms with Crippen LogP contribution in [0.4, 0.5) is 34.1 Å². The van der Waals surface area contributed by atoms with E-state index >= 15 is 0 Å². The Morgan fingerprint density at radius 1 is 0.282 bits per heavy atom. The monoisotopic (exact) mass is 946 g/mol. The molecule has 12 rings (SSSR count). The first-order valence-corrected chi connectivity index (χ1v) is 32.1. The highest BCUT2D eigenvalue weighted by molar-refractivity contribution is 7.00. The first kappa shape index (κ1) is 44.4. The van der Waals surface area contributed by atoms with Gasteiger partial charge in [-0.15, -0.1) is 0 Å². The number of anilines is 6. The average molecular weight is 947 g/mol. The molecule has 0 atom stereocenters. The van der Waals surface area contributed by atoms with Crippen LogP contribution in [0, 0.1) is 0 Å². The fourth-order valence-corrected chi connectivity index (χ4v) is 25.8. The van der Waals surface area contributed by atoms with Crippen molar-refractivity contribution in [2.45, 2.75) is 43.9 Å². The standard InChI is InChI=1S/C67H58N2Si2/c1-70(2,3)67(71(4,5)6)62-46-63(69(52-29-17-10-18-30-52)54-41-37-50(38-42-54)48-25-13-8-14-26-48)57-32-20-22-34-59(57)64(62)65-58-33-21-19-31-56(58)61-45-55(43-44-60(61)66(65)67)68(51-27-15-9-16-28-51)53-39-35-49(36-40-53)47-23-11-7-12-24-47/h7-46H,1-6H3. The predicted octanol–water partition coefficient (Wildman–Crippen LogP) is 19.4. The summed E-state index contributed by atoms with van der Waals surface area (Å²) < 4.78 is -0.168. The van der Waals surface area contributed by atoms with Crippen LogP contribution in [0.25, 0.3) is 65.7 Å². The zero-order chi connectivity index (χ0) is 48.5. The molecule has 0 saturated heterocycles. The molecular weight excluding hydrogens is 889 g/mol. The van der Waals surface area contributed by atoms with E-state index in [1.807, 2.05) is 0 Å². The smallest absolute Gasteiger partial charge is 0.0579 e. The molecule has 0 radical (unpaired) electrons. The maximum atomic E-state index is 2.66. The lowest BCUT2D eigenvalue weighted by Gasteiger charge is -2.52. The molecule has 0 aromatic heterocycles. The van der Waals surface area contributed by atoms with E-state index < -0.39 is 16.1 Å². The zero-order valence-electron chi connectivity index (χ0n) is 41.5. The second-order valence-electron chi connectivity index (χ2n) is 21.3. The fourth-order valence-electron chi connectivity index (χ4n) is 12.8. The lowest BCUT2D eigenvalue weighted by atomic mass is 9.89. The van der Waals surface area contributed by atoms with Crippen molar-refractivity contribution in [1.82, 2.24) is 0 Å². The largest absolute Gasteiger partial charge is 0.310 e. The minimum Gasteiger partial charge on any atom is -0.310 e. The minimum absolute atomic E-state index is 0.168. The van der Waals surface area contributed by atoms with Gasteiger partial charge in [0.25, 0.3) is 0 Å². The number of fused-ring (bicyclic) bond motifs is 10. The van der Waals surface area contributed by atoms with Crippen molar-refractivity contribution < 1.29 is 0 Å². The van der Waals surface area contributed by atoms with Crippen molar-refractivity contribution in [1.29, 1.82) is 0 Å². The van der Waals surface area contributed by atoms with Crippen LogP contribution in [0.3, 0.4) is 0 Å². The average Bonchev–Trinajstić information content (AvgIpc) is 3.74.